The standard InChI is InChI=1S/C25H22IN3O6S/c1-5-35-24(31)20-14(3)27-25-28(21(20)16-8-6-13(2)7-9-16)23(30)19(36-25)12-15-10-17(26)22(34-4)18(11-15)29(32)33/h6-12,21H,5H2,1-4H3/b19-12+/t21-/m0/s1. The van der Waals surface area contributed by atoms with Crippen LogP contribution < -0.4 is 19.6 Å². The van der Waals surface area contributed by atoms with Crippen molar-refractivity contribution >= 4 is 51.7 Å². The van der Waals surface area contributed by atoms with Crippen LogP contribution in [0.3, 0.4) is 0 Å². The summed E-state index contributed by atoms with van der Waals surface area (Å²) < 4.78 is 12.8. The molecule has 0 fully saturated rings. The average molecular weight is 619 g/mol. The van der Waals surface area contributed by atoms with E-state index in [-0.39, 0.29) is 23.6 Å². The number of fused-ring (bicyclic) bond motifs is 1. The van der Waals surface area contributed by atoms with E-state index in [0.29, 0.717) is 29.7 Å². The van der Waals surface area contributed by atoms with E-state index >= 15 is 0 Å². The monoisotopic (exact) mass is 619 g/mol. The second-order valence-corrected chi connectivity index (χ2v) is 10.2. The smallest absolute Gasteiger partial charge is 0.338 e. The van der Waals surface area contributed by atoms with Crippen molar-refractivity contribution in [1.29, 1.82) is 0 Å². The molecule has 0 spiro atoms. The number of halogens is 1. The van der Waals surface area contributed by atoms with Crippen LogP contribution in [0.4, 0.5) is 5.69 Å². The van der Waals surface area contributed by atoms with Crippen LogP contribution in [-0.4, -0.2) is 29.2 Å². The van der Waals surface area contributed by atoms with Gasteiger partial charge in [0.2, 0.25) is 5.75 Å². The van der Waals surface area contributed by atoms with Gasteiger partial charge in [-0.05, 0) is 66.6 Å². The molecular weight excluding hydrogens is 597 g/mol. The maximum absolute atomic E-state index is 13.7. The molecule has 2 aromatic carbocycles. The van der Waals surface area contributed by atoms with E-state index in [2.05, 4.69) is 4.99 Å². The van der Waals surface area contributed by atoms with E-state index in [0.717, 1.165) is 22.5 Å². The molecule has 1 atom stereocenters. The average Bonchev–Trinajstić information content (AvgIpc) is 3.12. The number of rotatable bonds is 6. The van der Waals surface area contributed by atoms with E-state index < -0.39 is 16.9 Å². The molecule has 36 heavy (non-hydrogen) atoms. The molecule has 1 aliphatic heterocycles. The molecule has 0 radical (unpaired) electrons. The normalized spacial score (nSPS) is 15.4. The number of nitro benzene ring substituents is 1. The largest absolute Gasteiger partial charge is 0.489 e. The number of aromatic nitrogens is 1. The van der Waals surface area contributed by atoms with Gasteiger partial charge >= 0.3 is 11.7 Å². The number of carbonyl (C=O) groups is 1. The number of thiazole rings is 1. The van der Waals surface area contributed by atoms with Gasteiger partial charge in [0.15, 0.2) is 4.80 Å². The van der Waals surface area contributed by atoms with Crippen molar-refractivity contribution in [3.05, 3.63) is 97.7 Å². The fourth-order valence-electron chi connectivity index (χ4n) is 4.03. The first-order valence-electron chi connectivity index (χ1n) is 10.9. The van der Waals surface area contributed by atoms with Gasteiger partial charge in [0.1, 0.15) is 0 Å². The van der Waals surface area contributed by atoms with Crippen LogP contribution in [0.25, 0.3) is 6.08 Å². The van der Waals surface area contributed by atoms with Gasteiger partial charge < -0.3 is 9.47 Å². The molecule has 0 amide bonds. The van der Waals surface area contributed by atoms with Crippen LogP contribution in [0.5, 0.6) is 5.75 Å². The van der Waals surface area contributed by atoms with Crippen LogP contribution in [0.2, 0.25) is 0 Å². The number of carbonyl (C=O) groups excluding carboxylic acids is 1. The first-order chi connectivity index (χ1) is 17.2. The highest BCUT2D eigenvalue weighted by Crippen LogP contribution is 2.34. The quantitative estimate of drug-likeness (QED) is 0.180. The molecule has 186 valence electrons. The lowest BCUT2D eigenvalue weighted by atomic mass is 9.95. The third kappa shape index (κ3) is 4.72. The molecular formula is C25H22IN3O6S. The lowest BCUT2D eigenvalue weighted by molar-refractivity contribution is -0.385. The van der Waals surface area contributed by atoms with Gasteiger partial charge in [-0.2, -0.15) is 0 Å². The molecule has 0 N–H and O–H groups in total. The summed E-state index contributed by atoms with van der Waals surface area (Å²) in [7, 11) is 1.37. The molecule has 11 heteroatoms. The van der Waals surface area contributed by atoms with Gasteiger partial charge in [0, 0.05) is 6.07 Å². The third-order valence-corrected chi connectivity index (χ3v) is 7.44. The van der Waals surface area contributed by atoms with E-state index in [9.17, 15) is 19.7 Å². The topological polar surface area (TPSA) is 113 Å². The Labute approximate surface area is 223 Å². The molecule has 1 aromatic heterocycles. The summed E-state index contributed by atoms with van der Waals surface area (Å²) in [5.41, 5.74) is 2.50. The van der Waals surface area contributed by atoms with Crippen LogP contribution in [0, 0.1) is 20.6 Å². The van der Waals surface area contributed by atoms with Crippen molar-refractivity contribution in [2.45, 2.75) is 26.8 Å². The fraction of sp³-hybridized carbons (Fsp3) is 0.240. The lowest BCUT2D eigenvalue weighted by Crippen LogP contribution is -2.39. The summed E-state index contributed by atoms with van der Waals surface area (Å²) in [6, 6.07) is 9.95. The third-order valence-electron chi connectivity index (χ3n) is 5.66. The molecule has 0 saturated carbocycles. The predicted octanol–water partition coefficient (Wildman–Crippen LogP) is 3.63. The Hall–Kier alpha value is -3.32. The minimum absolute atomic E-state index is 0.160. The van der Waals surface area contributed by atoms with Gasteiger partial charge in [-0.25, -0.2) is 9.79 Å². The summed E-state index contributed by atoms with van der Waals surface area (Å²) in [6.45, 7) is 5.59. The van der Waals surface area contributed by atoms with Crippen molar-refractivity contribution in [3.63, 3.8) is 0 Å². The first-order valence-corrected chi connectivity index (χ1v) is 12.8. The van der Waals surface area contributed by atoms with Gasteiger partial charge in [0.25, 0.3) is 5.56 Å². The highest BCUT2D eigenvalue weighted by Gasteiger charge is 2.33. The summed E-state index contributed by atoms with van der Waals surface area (Å²) in [4.78, 5) is 42.6. The Bertz CT molecular complexity index is 1590. The Morgan fingerprint density at radius 3 is 2.58 bits per heavy atom. The van der Waals surface area contributed by atoms with Crippen molar-refractivity contribution in [2.75, 3.05) is 13.7 Å². The summed E-state index contributed by atoms with van der Waals surface area (Å²) in [5.74, 6) is -0.368. The molecule has 2 heterocycles. The van der Waals surface area contributed by atoms with E-state index in [4.69, 9.17) is 9.47 Å². The van der Waals surface area contributed by atoms with Gasteiger partial charge in [-0.15, -0.1) is 0 Å². The van der Waals surface area contributed by atoms with E-state index in [1.807, 2.05) is 53.8 Å². The van der Waals surface area contributed by atoms with Crippen LogP contribution >= 0.6 is 33.9 Å². The second-order valence-electron chi connectivity index (χ2n) is 8.03. The maximum atomic E-state index is 13.7. The highest BCUT2D eigenvalue weighted by atomic mass is 127. The number of ether oxygens (including phenoxy) is 2. The lowest BCUT2D eigenvalue weighted by Gasteiger charge is -2.24. The highest BCUT2D eigenvalue weighted by molar-refractivity contribution is 14.1. The van der Waals surface area contributed by atoms with Crippen LogP contribution in [0.15, 0.2) is 57.5 Å². The number of methoxy groups -OCH3 is 1. The molecule has 0 unspecified atom stereocenters. The molecule has 0 saturated heterocycles. The van der Waals surface area contributed by atoms with E-state index in [1.54, 1.807) is 26.0 Å². The summed E-state index contributed by atoms with van der Waals surface area (Å²) >= 11 is 3.12. The van der Waals surface area contributed by atoms with E-state index in [1.165, 1.54) is 17.7 Å². The maximum Gasteiger partial charge on any atom is 0.338 e. The van der Waals surface area contributed by atoms with Crippen molar-refractivity contribution < 1.29 is 19.2 Å². The second kappa shape index (κ2) is 10.3. The zero-order valence-corrected chi connectivity index (χ0v) is 22.9. The predicted molar refractivity (Wildman–Crippen MR) is 144 cm³/mol. The zero-order chi connectivity index (χ0) is 26.1. The minimum atomic E-state index is -0.714. The zero-order valence-electron chi connectivity index (χ0n) is 19.9. The number of nitrogens with zero attached hydrogens (tertiary/aromatic N) is 3. The van der Waals surface area contributed by atoms with Gasteiger partial charge in [0.05, 0.1) is 44.1 Å². The number of aryl methyl sites for hydroxylation is 1. The number of hydrogen-bond acceptors (Lipinski definition) is 8. The molecule has 0 aliphatic carbocycles. The van der Waals surface area contributed by atoms with Crippen molar-refractivity contribution in [2.24, 2.45) is 4.99 Å². The minimum Gasteiger partial charge on any atom is -0.489 e. The van der Waals surface area contributed by atoms with Gasteiger partial charge in [-0.1, -0.05) is 41.2 Å². The first kappa shape index (κ1) is 25.8. The number of hydrogen-bond donors (Lipinski definition) is 0. The SMILES string of the molecule is CCOC(=O)C1=C(C)N=c2s/c(=C/c3cc(I)c(OC)c([N+](=O)[O-])c3)c(=O)n2[C@H]1c1ccc(C)cc1. The molecule has 4 rings (SSSR count). The Balaban J connectivity index is 1.95. The molecule has 3 aromatic rings. The van der Waals surface area contributed by atoms with Crippen LogP contribution in [-0.2, 0) is 9.53 Å². The molecule has 1 aliphatic rings. The molecule has 9 nitrogen and oxygen atoms in total. The van der Waals surface area contributed by atoms with Crippen molar-refractivity contribution in [3.8, 4) is 5.75 Å². The number of esters is 1. The van der Waals surface area contributed by atoms with Gasteiger partial charge in [-0.3, -0.25) is 19.5 Å². The Kier molecular flexibility index (Phi) is 7.41. The number of benzene rings is 2. The Morgan fingerprint density at radius 2 is 1.97 bits per heavy atom. The Morgan fingerprint density at radius 1 is 1.28 bits per heavy atom. The molecule has 0 bridgehead atoms. The fourth-order valence-corrected chi connectivity index (χ4v) is 5.93. The number of nitro groups is 1. The summed E-state index contributed by atoms with van der Waals surface area (Å²) in [5, 5.41) is 11.6. The van der Waals surface area contributed by atoms with Crippen LogP contribution in [0.1, 0.15) is 36.6 Å². The van der Waals surface area contributed by atoms with Crippen molar-refractivity contribution in [1.82, 2.24) is 4.57 Å². The number of allylic oxidation sites excluding steroid dienone is 1. The summed E-state index contributed by atoms with van der Waals surface area (Å²) in [6.07, 6.45) is 1.59.